The number of carboxylic acids is 1. The first-order valence-corrected chi connectivity index (χ1v) is 6.96. The van der Waals surface area contributed by atoms with Crippen molar-refractivity contribution in [3.05, 3.63) is 0 Å². The molecule has 0 spiro atoms. The lowest BCUT2D eigenvalue weighted by molar-refractivity contribution is -0.142. The third-order valence-electron chi connectivity index (χ3n) is 2.48. The second-order valence-corrected chi connectivity index (χ2v) is 5.78. The molecule has 6 heteroatoms. The molecule has 0 aliphatic heterocycles. The molecule has 0 aliphatic rings. The van der Waals surface area contributed by atoms with Crippen LogP contribution in [0.3, 0.4) is 0 Å². The SMILES string of the molecule is CC(C)C[C@H](NC(=O)[C@H](CC(C)C)NBr)C(=O)O. The van der Waals surface area contributed by atoms with Gasteiger partial charge in [0.1, 0.15) is 6.04 Å². The highest BCUT2D eigenvalue weighted by molar-refractivity contribution is 9.08. The van der Waals surface area contributed by atoms with E-state index in [-0.39, 0.29) is 11.8 Å². The monoisotopic (exact) mass is 322 g/mol. The molecule has 0 fully saturated rings. The van der Waals surface area contributed by atoms with E-state index in [0.717, 1.165) is 0 Å². The van der Waals surface area contributed by atoms with Crippen molar-refractivity contribution in [1.82, 2.24) is 9.66 Å². The van der Waals surface area contributed by atoms with Gasteiger partial charge in [0.05, 0.1) is 6.04 Å². The fourth-order valence-electron chi connectivity index (χ4n) is 1.64. The normalized spacial score (nSPS) is 14.6. The topological polar surface area (TPSA) is 78.4 Å². The fraction of sp³-hybridized carbons (Fsp3) is 0.833. The molecule has 18 heavy (non-hydrogen) atoms. The van der Waals surface area contributed by atoms with Crippen molar-refractivity contribution < 1.29 is 14.7 Å². The van der Waals surface area contributed by atoms with Crippen LogP contribution in [-0.4, -0.2) is 29.1 Å². The van der Waals surface area contributed by atoms with Crippen LogP contribution in [0.5, 0.6) is 0 Å². The minimum Gasteiger partial charge on any atom is -0.480 e. The number of nitrogens with one attached hydrogen (secondary N) is 2. The molecule has 0 rings (SSSR count). The first-order valence-electron chi connectivity index (χ1n) is 6.17. The Balaban J connectivity index is 4.51. The summed E-state index contributed by atoms with van der Waals surface area (Å²) in [6.45, 7) is 7.87. The number of hydrogen-bond donors (Lipinski definition) is 3. The first-order chi connectivity index (χ1) is 8.27. The Morgan fingerprint density at radius 3 is 1.83 bits per heavy atom. The summed E-state index contributed by atoms with van der Waals surface area (Å²) in [6.07, 6.45) is 1.07. The highest BCUT2D eigenvalue weighted by Gasteiger charge is 2.25. The molecule has 0 aromatic rings. The van der Waals surface area contributed by atoms with Crippen LogP contribution in [0.1, 0.15) is 40.5 Å². The fourth-order valence-corrected chi connectivity index (χ4v) is 2.03. The van der Waals surface area contributed by atoms with Gasteiger partial charge >= 0.3 is 5.97 Å². The maximum Gasteiger partial charge on any atom is 0.326 e. The van der Waals surface area contributed by atoms with Crippen LogP contribution in [0.15, 0.2) is 0 Å². The highest BCUT2D eigenvalue weighted by Crippen LogP contribution is 2.09. The van der Waals surface area contributed by atoms with Gasteiger partial charge < -0.3 is 10.4 Å². The lowest BCUT2D eigenvalue weighted by Crippen LogP contribution is -2.49. The average Bonchev–Trinajstić information content (AvgIpc) is 2.23. The summed E-state index contributed by atoms with van der Waals surface area (Å²) in [5.41, 5.74) is 0. The number of halogens is 1. The van der Waals surface area contributed by atoms with Crippen molar-refractivity contribution in [3.63, 3.8) is 0 Å². The van der Waals surface area contributed by atoms with Crippen LogP contribution in [0, 0.1) is 11.8 Å². The minimum atomic E-state index is -0.991. The lowest BCUT2D eigenvalue weighted by Gasteiger charge is -2.21. The molecule has 0 bridgehead atoms. The smallest absolute Gasteiger partial charge is 0.326 e. The van der Waals surface area contributed by atoms with Gasteiger partial charge in [-0.3, -0.25) is 4.79 Å². The second-order valence-electron chi connectivity index (χ2n) is 5.32. The summed E-state index contributed by atoms with van der Waals surface area (Å²) in [6, 6.07) is -1.24. The molecule has 0 radical (unpaired) electrons. The van der Waals surface area contributed by atoms with Crippen molar-refractivity contribution in [2.75, 3.05) is 0 Å². The molecular weight excluding hydrogens is 300 g/mol. The summed E-state index contributed by atoms with van der Waals surface area (Å²) < 4.78 is 2.74. The third kappa shape index (κ3) is 6.96. The van der Waals surface area contributed by atoms with Crippen LogP contribution < -0.4 is 9.66 Å². The number of amides is 1. The quantitative estimate of drug-likeness (QED) is 0.596. The third-order valence-corrected chi connectivity index (χ3v) is 3.03. The molecule has 0 aliphatic carbocycles. The van der Waals surface area contributed by atoms with E-state index in [2.05, 4.69) is 25.8 Å². The molecule has 0 saturated carbocycles. The van der Waals surface area contributed by atoms with E-state index < -0.39 is 18.1 Å². The van der Waals surface area contributed by atoms with E-state index in [9.17, 15) is 9.59 Å². The molecule has 2 atom stereocenters. The van der Waals surface area contributed by atoms with Gasteiger partial charge in [0.25, 0.3) is 0 Å². The number of aliphatic carboxylic acids is 1. The van der Waals surface area contributed by atoms with Crippen LogP contribution in [0.4, 0.5) is 0 Å². The Bertz CT molecular complexity index is 282. The zero-order chi connectivity index (χ0) is 14.3. The van der Waals surface area contributed by atoms with Crippen molar-refractivity contribution in [3.8, 4) is 0 Å². The van der Waals surface area contributed by atoms with Crippen LogP contribution in [-0.2, 0) is 9.59 Å². The molecule has 0 heterocycles. The van der Waals surface area contributed by atoms with E-state index in [1.807, 2.05) is 27.7 Å². The van der Waals surface area contributed by atoms with E-state index in [1.165, 1.54) is 0 Å². The van der Waals surface area contributed by atoms with E-state index in [0.29, 0.717) is 18.8 Å². The van der Waals surface area contributed by atoms with Gasteiger partial charge in [0, 0.05) is 16.1 Å². The van der Waals surface area contributed by atoms with Crippen LogP contribution in [0.25, 0.3) is 0 Å². The Hall–Kier alpha value is -0.620. The summed E-state index contributed by atoms with van der Waals surface area (Å²) in [5.74, 6) is -0.713. The van der Waals surface area contributed by atoms with Crippen molar-refractivity contribution in [2.45, 2.75) is 52.6 Å². The number of carbonyl (C=O) groups is 2. The number of rotatable bonds is 8. The van der Waals surface area contributed by atoms with Gasteiger partial charge in [-0.25, -0.2) is 9.14 Å². The Labute approximate surface area is 117 Å². The molecular formula is C12H23BrN2O3. The van der Waals surface area contributed by atoms with E-state index in [4.69, 9.17) is 5.11 Å². The largest absolute Gasteiger partial charge is 0.480 e. The van der Waals surface area contributed by atoms with E-state index in [1.54, 1.807) is 0 Å². The molecule has 106 valence electrons. The zero-order valence-electron chi connectivity index (χ0n) is 11.4. The summed E-state index contributed by atoms with van der Waals surface area (Å²) >= 11 is 3.06. The van der Waals surface area contributed by atoms with Gasteiger partial charge in [-0.1, -0.05) is 27.7 Å². The van der Waals surface area contributed by atoms with Crippen molar-refractivity contribution in [2.24, 2.45) is 11.8 Å². The molecule has 0 aromatic carbocycles. The maximum atomic E-state index is 11.9. The number of carbonyl (C=O) groups excluding carboxylic acids is 1. The standard InChI is InChI=1S/C12H23BrN2O3/c1-7(2)5-9(15-13)11(16)14-10(12(17)18)6-8(3)4/h7-10,15H,5-6H2,1-4H3,(H,14,16)(H,17,18)/t9-,10-/m0/s1. The van der Waals surface area contributed by atoms with Gasteiger partial charge in [-0.15, -0.1) is 0 Å². The van der Waals surface area contributed by atoms with Gasteiger partial charge in [0.15, 0.2) is 0 Å². The van der Waals surface area contributed by atoms with Gasteiger partial charge in [-0.05, 0) is 24.7 Å². The summed E-state index contributed by atoms with van der Waals surface area (Å²) in [7, 11) is 0. The molecule has 0 aromatic heterocycles. The molecule has 3 N–H and O–H groups in total. The predicted octanol–water partition coefficient (Wildman–Crippen LogP) is 1.92. The molecule has 0 saturated heterocycles. The second kappa shape index (κ2) is 8.48. The number of hydrogen-bond acceptors (Lipinski definition) is 3. The van der Waals surface area contributed by atoms with Crippen LogP contribution >= 0.6 is 16.1 Å². The molecule has 0 unspecified atom stereocenters. The summed E-state index contributed by atoms with van der Waals surface area (Å²) in [5, 5.41) is 11.6. The average molecular weight is 323 g/mol. The molecule has 5 nitrogen and oxygen atoms in total. The van der Waals surface area contributed by atoms with Crippen molar-refractivity contribution in [1.29, 1.82) is 0 Å². The van der Waals surface area contributed by atoms with Crippen molar-refractivity contribution >= 4 is 28.0 Å². The minimum absolute atomic E-state index is 0.215. The zero-order valence-corrected chi connectivity index (χ0v) is 13.0. The molecule has 1 amide bonds. The Kier molecular flexibility index (Phi) is 8.18. The summed E-state index contributed by atoms with van der Waals surface area (Å²) in [4.78, 5) is 23.0. The first kappa shape index (κ1) is 17.4. The Morgan fingerprint density at radius 2 is 1.50 bits per heavy atom. The highest BCUT2D eigenvalue weighted by atomic mass is 79.9. The van der Waals surface area contributed by atoms with E-state index >= 15 is 0 Å². The van der Waals surface area contributed by atoms with Gasteiger partial charge in [-0.2, -0.15) is 0 Å². The number of carboxylic acid groups (broad SMARTS) is 1. The maximum absolute atomic E-state index is 11.9. The Morgan fingerprint density at radius 1 is 1.06 bits per heavy atom. The lowest BCUT2D eigenvalue weighted by atomic mass is 10.0. The van der Waals surface area contributed by atoms with Gasteiger partial charge in [0.2, 0.25) is 5.91 Å². The predicted molar refractivity (Wildman–Crippen MR) is 74.3 cm³/mol. The van der Waals surface area contributed by atoms with Crippen LogP contribution in [0.2, 0.25) is 0 Å².